The van der Waals surface area contributed by atoms with Crippen molar-refractivity contribution >= 4 is 17.4 Å². The molecule has 1 rings (SSSR count). The minimum atomic E-state index is -0.590. The van der Waals surface area contributed by atoms with Gasteiger partial charge in [0.05, 0.1) is 4.92 Å². The maximum atomic E-state index is 12.5. The fourth-order valence-electron chi connectivity index (χ4n) is 2.24. The zero-order chi connectivity index (χ0) is 16.0. The van der Waals surface area contributed by atoms with Gasteiger partial charge >= 0.3 is 0 Å². The van der Waals surface area contributed by atoms with E-state index in [9.17, 15) is 14.9 Å². The lowest BCUT2D eigenvalue weighted by molar-refractivity contribution is -0.385. The number of aromatic nitrogens is 1. The Kier molecular flexibility index (Phi) is 5.63. The Balaban J connectivity index is 3.19. The highest BCUT2D eigenvalue weighted by molar-refractivity contribution is 5.99. The number of amides is 1. The van der Waals surface area contributed by atoms with Crippen LogP contribution in [0.3, 0.4) is 0 Å². The standard InChI is InChI=1S/C14H22N4O3/c1-5-14(6-2,7-3)17-13(19)10-8-12(15-4)16-9-11(10)18(20)21/h8-9H,5-7H2,1-4H3,(H,15,16)(H,17,19). The molecule has 7 heteroatoms. The van der Waals surface area contributed by atoms with Gasteiger partial charge in [0.1, 0.15) is 17.6 Å². The van der Waals surface area contributed by atoms with Crippen LogP contribution in [0.4, 0.5) is 11.5 Å². The predicted molar refractivity (Wildman–Crippen MR) is 81.5 cm³/mol. The predicted octanol–water partition coefficient (Wildman–Crippen LogP) is 2.73. The number of nitrogens with zero attached hydrogens (tertiary/aromatic N) is 2. The van der Waals surface area contributed by atoms with Gasteiger partial charge in [-0.05, 0) is 19.3 Å². The van der Waals surface area contributed by atoms with E-state index in [1.807, 2.05) is 20.8 Å². The lowest BCUT2D eigenvalue weighted by atomic mass is 9.89. The summed E-state index contributed by atoms with van der Waals surface area (Å²) in [4.78, 5) is 26.8. The first-order valence-electron chi connectivity index (χ1n) is 7.07. The van der Waals surface area contributed by atoms with Gasteiger partial charge in [-0.1, -0.05) is 20.8 Å². The van der Waals surface area contributed by atoms with Crippen LogP contribution in [0.15, 0.2) is 12.3 Å². The SMILES string of the molecule is CCC(CC)(CC)NC(=O)c1cc(NC)ncc1[N+](=O)[O-]. The number of pyridine rings is 1. The molecule has 0 saturated carbocycles. The van der Waals surface area contributed by atoms with Crippen LogP contribution in [0.5, 0.6) is 0 Å². The fraction of sp³-hybridized carbons (Fsp3) is 0.571. The summed E-state index contributed by atoms with van der Waals surface area (Å²) in [5, 5.41) is 16.8. The van der Waals surface area contributed by atoms with Crippen LogP contribution in [0.2, 0.25) is 0 Å². The van der Waals surface area contributed by atoms with E-state index in [-0.39, 0.29) is 16.8 Å². The minimum absolute atomic E-state index is 0.0269. The van der Waals surface area contributed by atoms with Crippen molar-refractivity contribution in [3.05, 3.63) is 27.9 Å². The summed E-state index contributed by atoms with van der Waals surface area (Å²) >= 11 is 0. The Morgan fingerprint density at radius 1 is 1.33 bits per heavy atom. The van der Waals surface area contributed by atoms with Crippen molar-refractivity contribution in [2.24, 2.45) is 0 Å². The number of hydrogen-bond acceptors (Lipinski definition) is 5. The molecule has 116 valence electrons. The molecular formula is C14H22N4O3. The molecule has 1 aromatic rings. The Bertz CT molecular complexity index is 519. The normalized spacial score (nSPS) is 11.0. The van der Waals surface area contributed by atoms with Crippen molar-refractivity contribution in [2.75, 3.05) is 12.4 Å². The highest BCUT2D eigenvalue weighted by Gasteiger charge is 2.29. The molecule has 0 atom stereocenters. The van der Waals surface area contributed by atoms with Gasteiger partial charge < -0.3 is 10.6 Å². The molecule has 0 radical (unpaired) electrons. The molecule has 0 aliphatic heterocycles. The molecule has 0 bridgehead atoms. The molecule has 21 heavy (non-hydrogen) atoms. The van der Waals surface area contributed by atoms with Gasteiger partial charge in [-0.15, -0.1) is 0 Å². The topological polar surface area (TPSA) is 97.2 Å². The van der Waals surface area contributed by atoms with Gasteiger partial charge in [-0.25, -0.2) is 4.98 Å². The van der Waals surface area contributed by atoms with Crippen molar-refractivity contribution in [3.63, 3.8) is 0 Å². The number of anilines is 1. The maximum Gasteiger partial charge on any atom is 0.300 e. The van der Waals surface area contributed by atoms with Gasteiger partial charge in [-0.3, -0.25) is 14.9 Å². The summed E-state index contributed by atoms with van der Waals surface area (Å²) in [5.41, 5.74) is -0.601. The summed E-state index contributed by atoms with van der Waals surface area (Å²) in [7, 11) is 1.64. The molecule has 0 fully saturated rings. The van der Waals surface area contributed by atoms with Crippen LogP contribution in [-0.4, -0.2) is 28.4 Å². The maximum absolute atomic E-state index is 12.5. The number of rotatable bonds is 7. The van der Waals surface area contributed by atoms with Crippen LogP contribution in [0.1, 0.15) is 50.4 Å². The molecule has 0 aromatic carbocycles. The van der Waals surface area contributed by atoms with Crippen LogP contribution >= 0.6 is 0 Å². The number of carbonyl (C=O) groups is 1. The van der Waals surface area contributed by atoms with Crippen LogP contribution in [0.25, 0.3) is 0 Å². The number of carbonyl (C=O) groups excluding carboxylic acids is 1. The monoisotopic (exact) mass is 294 g/mol. The van der Waals surface area contributed by atoms with E-state index in [2.05, 4.69) is 15.6 Å². The van der Waals surface area contributed by atoms with Gasteiger partial charge in [0, 0.05) is 18.7 Å². The number of nitrogens with one attached hydrogen (secondary N) is 2. The third-order valence-electron chi connectivity index (χ3n) is 3.99. The van der Waals surface area contributed by atoms with Gasteiger partial charge in [0.2, 0.25) is 0 Å². The second kappa shape index (κ2) is 7.01. The molecule has 2 N–H and O–H groups in total. The third-order valence-corrected chi connectivity index (χ3v) is 3.99. The first-order valence-corrected chi connectivity index (χ1v) is 7.07. The average Bonchev–Trinajstić information content (AvgIpc) is 2.51. The summed E-state index contributed by atoms with van der Waals surface area (Å²) in [5.74, 6) is -0.0213. The second-order valence-corrected chi connectivity index (χ2v) is 4.89. The highest BCUT2D eigenvalue weighted by Crippen LogP contribution is 2.24. The summed E-state index contributed by atoms with van der Waals surface area (Å²) in [6.45, 7) is 5.98. The van der Waals surface area contributed by atoms with E-state index < -0.39 is 10.8 Å². The first kappa shape index (κ1) is 16.9. The molecule has 0 aliphatic rings. The minimum Gasteiger partial charge on any atom is -0.373 e. The number of hydrogen-bond donors (Lipinski definition) is 2. The van der Waals surface area contributed by atoms with E-state index in [0.29, 0.717) is 5.82 Å². The molecular weight excluding hydrogens is 272 g/mol. The molecule has 7 nitrogen and oxygen atoms in total. The van der Waals surface area contributed by atoms with Crippen molar-refractivity contribution < 1.29 is 9.72 Å². The molecule has 0 spiro atoms. The van der Waals surface area contributed by atoms with Crippen molar-refractivity contribution in [3.8, 4) is 0 Å². The zero-order valence-corrected chi connectivity index (χ0v) is 12.9. The van der Waals surface area contributed by atoms with Crippen molar-refractivity contribution in [1.82, 2.24) is 10.3 Å². The van der Waals surface area contributed by atoms with E-state index in [1.165, 1.54) is 6.07 Å². The van der Waals surface area contributed by atoms with Gasteiger partial charge in [0.15, 0.2) is 0 Å². The quantitative estimate of drug-likeness (QED) is 0.595. The van der Waals surface area contributed by atoms with Gasteiger partial charge in [0.25, 0.3) is 11.6 Å². The molecule has 1 heterocycles. The Morgan fingerprint density at radius 3 is 2.33 bits per heavy atom. The lowest BCUT2D eigenvalue weighted by Crippen LogP contribution is -2.47. The van der Waals surface area contributed by atoms with E-state index in [4.69, 9.17) is 0 Å². The smallest absolute Gasteiger partial charge is 0.300 e. The average molecular weight is 294 g/mol. The summed E-state index contributed by atoms with van der Waals surface area (Å²) in [6, 6.07) is 1.40. The van der Waals surface area contributed by atoms with E-state index in [1.54, 1.807) is 7.05 Å². The molecule has 0 unspecified atom stereocenters. The molecule has 0 saturated heterocycles. The largest absolute Gasteiger partial charge is 0.373 e. The van der Waals surface area contributed by atoms with Crippen LogP contribution in [-0.2, 0) is 0 Å². The molecule has 1 amide bonds. The van der Waals surface area contributed by atoms with E-state index in [0.717, 1.165) is 25.5 Å². The Morgan fingerprint density at radius 2 is 1.90 bits per heavy atom. The molecule has 0 aliphatic carbocycles. The number of nitro groups is 1. The summed E-state index contributed by atoms with van der Waals surface area (Å²) in [6.07, 6.45) is 3.41. The Hall–Kier alpha value is -2.18. The zero-order valence-electron chi connectivity index (χ0n) is 12.9. The fourth-order valence-corrected chi connectivity index (χ4v) is 2.24. The van der Waals surface area contributed by atoms with E-state index >= 15 is 0 Å². The van der Waals surface area contributed by atoms with Crippen LogP contribution < -0.4 is 10.6 Å². The third kappa shape index (κ3) is 3.68. The van der Waals surface area contributed by atoms with Crippen molar-refractivity contribution in [2.45, 2.75) is 45.6 Å². The van der Waals surface area contributed by atoms with Crippen molar-refractivity contribution in [1.29, 1.82) is 0 Å². The Labute approximate surface area is 124 Å². The molecule has 1 aromatic heterocycles. The first-order chi connectivity index (χ1) is 9.92. The summed E-state index contributed by atoms with van der Waals surface area (Å²) < 4.78 is 0. The second-order valence-electron chi connectivity index (χ2n) is 4.89. The highest BCUT2D eigenvalue weighted by atomic mass is 16.6. The lowest BCUT2D eigenvalue weighted by Gasteiger charge is -2.31. The van der Waals surface area contributed by atoms with Gasteiger partial charge in [-0.2, -0.15) is 0 Å². The van der Waals surface area contributed by atoms with Crippen LogP contribution in [0, 0.1) is 10.1 Å².